The third-order valence-corrected chi connectivity index (χ3v) is 4.66. The van der Waals surface area contributed by atoms with Gasteiger partial charge in [0.05, 0.1) is 31.0 Å². The molecule has 0 saturated carbocycles. The van der Waals surface area contributed by atoms with E-state index in [4.69, 9.17) is 4.74 Å². The maximum absolute atomic E-state index is 13.0. The minimum Gasteiger partial charge on any atom is -0.497 e. The fourth-order valence-corrected chi connectivity index (χ4v) is 3.44. The summed E-state index contributed by atoms with van der Waals surface area (Å²) < 4.78 is 5.25. The van der Waals surface area contributed by atoms with Gasteiger partial charge in [-0.1, -0.05) is 42.5 Å². The predicted molar refractivity (Wildman–Crippen MR) is 96.3 cm³/mol. The first kappa shape index (κ1) is 16.2. The molecule has 0 aromatic heterocycles. The number of carbonyl (C=O) groups is 2. The van der Waals surface area contributed by atoms with Gasteiger partial charge >= 0.3 is 6.03 Å². The van der Waals surface area contributed by atoms with Gasteiger partial charge in [-0.25, -0.2) is 4.79 Å². The molecule has 0 saturated heterocycles. The van der Waals surface area contributed by atoms with Crippen LogP contribution in [0.1, 0.15) is 17.2 Å². The van der Waals surface area contributed by atoms with Crippen molar-refractivity contribution < 1.29 is 14.3 Å². The van der Waals surface area contributed by atoms with Gasteiger partial charge in [-0.15, -0.1) is 0 Å². The quantitative estimate of drug-likeness (QED) is 0.890. The first-order valence-corrected chi connectivity index (χ1v) is 8.43. The zero-order valence-electron chi connectivity index (χ0n) is 14.4. The molecule has 2 aromatic rings. The van der Waals surface area contributed by atoms with E-state index in [2.05, 4.69) is 10.6 Å². The van der Waals surface area contributed by atoms with Gasteiger partial charge in [-0.05, 0) is 23.3 Å². The number of nitrogens with one attached hydrogen (secondary N) is 2. The summed E-state index contributed by atoms with van der Waals surface area (Å²) in [5.41, 5.74) is 3.16. The van der Waals surface area contributed by atoms with Crippen molar-refractivity contribution in [3.63, 3.8) is 0 Å². The van der Waals surface area contributed by atoms with Crippen LogP contribution in [0, 0.1) is 0 Å². The molecule has 132 valence electrons. The number of methoxy groups -OCH3 is 1. The SMILES string of the molecule is COc1cccc(CN2CC3=C(C2=O)[C@H](c2ccccc2)NC(=O)N3)c1. The number of carbonyl (C=O) groups excluding carboxylic acids is 2. The van der Waals surface area contributed by atoms with E-state index < -0.39 is 6.04 Å². The van der Waals surface area contributed by atoms with Gasteiger partial charge in [0.15, 0.2) is 0 Å². The Kier molecular flexibility index (Phi) is 4.08. The van der Waals surface area contributed by atoms with E-state index in [-0.39, 0.29) is 11.9 Å². The van der Waals surface area contributed by atoms with Crippen LogP contribution < -0.4 is 15.4 Å². The average Bonchev–Trinajstić information content (AvgIpc) is 2.97. The van der Waals surface area contributed by atoms with Crippen molar-refractivity contribution >= 4 is 11.9 Å². The Morgan fingerprint density at radius 2 is 1.92 bits per heavy atom. The normalized spacial score (nSPS) is 19.1. The Labute approximate surface area is 151 Å². The topological polar surface area (TPSA) is 70.7 Å². The zero-order valence-corrected chi connectivity index (χ0v) is 14.4. The van der Waals surface area contributed by atoms with E-state index in [1.807, 2.05) is 54.6 Å². The number of benzene rings is 2. The van der Waals surface area contributed by atoms with E-state index in [0.29, 0.717) is 24.4 Å². The van der Waals surface area contributed by atoms with Crippen molar-refractivity contribution in [2.24, 2.45) is 0 Å². The van der Waals surface area contributed by atoms with Crippen molar-refractivity contribution in [1.82, 2.24) is 15.5 Å². The lowest BCUT2D eigenvalue weighted by atomic mass is 9.96. The molecule has 6 heteroatoms. The lowest BCUT2D eigenvalue weighted by Gasteiger charge is -2.25. The Hall–Kier alpha value is -3.28. The van der Waals surface area contributed by atoms with Crippen molar-refractivity contribution in [3.05, 3.63) is 77.0 Å². The summed E-state index contributed by atoms with van der Waals surface area (Å²) in [6.07, 6.45) is 0. The highest BCUT2D eigenvalue weighted by Crippen LogP contribution is 2.33. The molecule has 0 radical (unpaired) electrons. The van der Waals surface area contributed by atoms with Gasteiger partial charge in [-0.3, -0.25) is 4.79 Å². The Morgan fingerprint density at radius 3 is 2.69 bits per heavy atom. The number of hydrogen-bond acceptors (Lipinski definition) is 3. The van der Waals surface area contributed by atoms with Gasteiger partial charge in [0.2, 0.25) is 0 Å². The average molecular weight is 349 g/mol. The molecule has 0 aliphatic carbocycles. The molecule has 0 bridgehead atoms. The molecule has 26 heavy (non-hydrogen) atoms. The monoisotopic (exact) mass is 349 g/mol. The Bertz CT molecular complexity index is 892. The Balaban J connectivity index is 1.60. The number of ether oxygens (including phenoxy) is 1. The Morgan fingerprint density at radius 1 is 1.12 bits per heavy atom. The number of rotatable bonds is 4. The standard InChI is InChI=1S/C20H19N3O3/c1-26-15-9-5-6-13(10-15)11-23-12-16-17(19(23)24)18(22-20(25)21-16)14-7-3-2-4-8-14/h2-10,18H,11-12H2,1H3,(H2,21,22,25)/t18-/m0/s1. The zero-order chi connectivity index (χ0) is 18.1. The van der Waals surface area contributed by atoms with Crippen LogP contribution in [0.15, 0.2) is 65.9 Å². The molecule has 0 fully saturated rings. The summed E-state index contributed by atoms with van der Waals surface area (Å²) in [4.78, 5) is 26.8. The number of amides is 3. The van der Waals surface area contributed by atoms with Crippen LogP contribution in [-0.4, -0.2) is 30.5 Å². The van der Waals surface area contributed by atoms with Crippen LogP contribution in [-0.2, 0) is 11.3 Å². The fourth-order valence-electron chi connectivity index (χ4n) is 3.44. The number of hydrogen-bond donors (Lipinski definition) is 2. The second-order valence-electron chi connectivity index (χ2n) is 6.35. The van der Waals surface area contributed by atoms with Crippen LogP contribution in [0.4, 0.5) is 4.79 Å². The fraction of sp³-hybridized carbons (Fsp3) is 0.200. The lowest BCUT2D eigenvalue weighted by molar-refractivity contribution is -0.126. The van der Waals surface area contributed by atoms with Gasteiger partial charge in [0, 0.05) is 6.54 Å². The van der Waals surface area contributed by atoms with E-state index in [1.54, 1.807) is 12.0 Å². The molecule has 1 atom stereocenters. The summed E-state index contributed by atoms with van der Waals surface area (Å²) in [6.45, 7) is 0.850. The molecule has 2 heterocycles. The molecule has 3 amide bonds. The summed E-state index contributed by atoms with van der Waals surface area (Å²) in [5.74, 6) is 0.688. The first-order chi connectivity index (χ1) is 12.7. The predicted octanol–water partition coefficient (Wildman–Crippen LogP) is 2.35. The molecule has 0 unspecified atom stereocenters. The summed E-state index contributed by atoms with van der Waals surface area (Å²) in [6, 6.07) is 16.5. The third kappa shape index (κ3) is 2.90. The van der Waals surface area contributed by atoms with Gasteiger partial charge in [0.1, 0.15) is 5.75 Å². The molecule has 2 aliphatic rings. The van der Waals surface area contributed by atoms with Crippen LogP contribution in [0.5, 0.6) is 5.75 Å². The second kappa shape index (κ2) is 6.55. The van der Waals surface area contributed by atoms with Crippen molar-refractivity contribution in [2.45, 2.75) is 12.6 Å². The van der Waals surface area contributed by atoms with Crippen LogP contribution >= 0.6 is 0 Å². The summed E-state index contributed by atoms with van der Waals surface area (Å²) in [7, 11) is 1.62. The summed E-state index contributed by atoms with van der Waals surface area (Å²) >= 11 is 0. The highest BCUT2D eigenvalue weighted by molar-refractivity contribution is 6.01. The molecule has 4 rings (SSSR count). The maximum atomic E-state index is 13.0. The van der Waals surface area contributed by atoms with Gasteiger partial charge in [0.25, 0.3) is 5.91 Å². The molecular formula is C20H19N3O3. The number of urea groups is 1. The minimum atomic E-state index is -0.428. The smallest absolute Gasteiger partial charge is 0.319 e. The molecule has 6 nitrogen and oxygen atoms in total. The van der Waals surface area contributed by atoms with Crippen LogP contribution in [0.25, 0.3) is 0 Å². The van der Waals surface area contributed by atoms with Crippen LogP contribution in [0.3, 0.4) is 0 Å². The largest absolute Gasteiger partial charge is 0.497 e. The van der Waals surface area contributed by atoms with Crippen molar-refractivity contribution in [3.8, 4) is 5.75 Å². The van der Waals surface area contributed by atoms with Crippen LogP contribution in [0.2, 0.25) is 0 Å². The minimum absolute atomic E-state index is 0.0656. The number of nitrogens with zero attached hydrogens (tertiary/aromatic N) is 1. The molecule has 2 aliphatic heterocycles. The lowest BCUT2D eigenvalue weighted by Crippen LogP contribution is -2.44. The van der Waals surface area contributed by atoms with Gasteiger partial charge < -0.3 is 20.3 Å². The highest BCUT2D eigenvalue weighted by atomic mass is 16.5. The maximum Gasteiger partial charge on any atom is 0.319 e. The van der Waals surface area contributed by atoms with Crippen molar-refractivity contribution in [2.75, 3.05) is 13.7 Å². The first-order valence-electron chi connectivity index (χ1n) is 8.43. The van der Waals surface area contributed by atoms with E-state index in [9.17, 15) is 9.59 Å². The molecule has 2 N–H and O–H groups in total. The van der Waals surface area contributed by atoms with Crippen molar-refractivity contribution in [1.29, 1.82) is 0 Å². The van der Waals surface area contributed by atoms with E-state index >= 15 is 0 Å². The molecule has 2 aromatic carbocycles. The summed E-state index contributed by atoms with van der Waals surface area (Å²) in [5, 5.41) is 5.65. The molecular weight excluding hydrogens is 330 g/mol. The van der Waals surface area contributed by atoms with Gasteiger partial charge in [-0.2, -0.15) is 0 Å². The van der Waals surface area contributed by atoms with E-state index in [0.717, 1.165) is 16.9 Å². The molecule has 0 spiro atoms. The van der Waals surface area contributed by atoms with E-state index in [1.165, 1.54) is 0 Å². The highest BCUT2D eigenvalue weighted by Gasteiger charge is 2.40. The third-order valence-electron chi connectivity index (χ3n) is 4.66. The second-order valence-corrected chi connectivity index (χ2v) is 6.35.